The van der Waals surface area contributed by atoms with Crippen LogP contribution in [0, 0.1) is 0 Å². The Morgan fingerprint density at radius 1 is 1.00 bits per heavy atom. The highest BCUT2D eigenvalue weighted by Gasteiger charge is 2.53. The zero-order chi connectivity index (χ0) is 30.1. The Hall–Kier alpha value is -4.15. The van der Waals surface area contributed by atoms with Crippen molar-refractivity contribution in [2.24, 2.45) is 0 Å². The molecule has 42 heavy (non-hydrogen) atoms. The Balaban J connectivity index is 1.88. The summed E-state index contributed by atoms with van der Waals surface area (Å²) >= 11 is 1.46. The van der Waals surface area contributed by atoms with E-state index in [0.29, 0.717) is 23.4 Å². The Bertz CT molecular complexity index is 1400. The van der Waals surface area contributed by atoms with Crippen LogP contribution in [0.25, 0.3) is 0 Å². The molecule has 2 atom stereocenters. The van der Waals surface area contributed by atoms with E-state index in [1.54, 1.807) is 49.4 Å². The van der Waals surface area contributed by atoms with Crippen molar-refractivity contribution in [2.75, 3.05) is 17.4 Å². The molecule has 0 fully saturated rings. The van der Waals surface area contributed by atoms with Crippen LogP contribution in [0.1, 0.15) is 37.8 Å². The number of carboxylic acids is 1. The van der Waals surface area contributed by atoms with Crippen LogP contribution in [0.15, 0.2) is 89.8 Å². The van der Waals surface area contributed by atoms with Gasteiger partial charge < -0.3 is 9.84 Å². The molecule has 0 radical (unpaired) electrons. The number of amides is 2. The van der Waals surface area contributed by atoms with E-state index >= 15 is 0 Å². The Morgan fingerprint density at radius 3 is 2.24 bits per heavy atom. The quantitative estimate of drug-likeness (QED) is 0.235. The van der Waals surface area contributed by atoms with Gasteiger partial charge in [-0.25, -0.2) is 14.8 Å². The Morgan fingerprint density at radius 2 is 1.62 bits per heavy atom. The van der Waals surface area contributed by atoms with Crippen molar-refractivity contribution in [3.8, 4) is 0 Å². The highest BCUT2D eigenvalue weighted by Crippen LogP contribution is 2.37. The number of rotatable bonds is 12. The second-order valence-electron chi connectivity index (χ2n) is 9.90. The van der Waals surface area contributed by atoms with Gasteiger partial charge in [0.25, 0.3) is 0 Å². The van der Waals surface area contributed by atoms with E-state index in [1.807, 2.05) is 42.5 Å². The van der Waals surface area contributed by atoms with Gasteiger partial charge in [0.15, 0.2) is 0 Å². The number of ether oxygens (including phenoxy) is 1. The molecule has 1 unspecified atom stereocenters. The fourth-order valence-corrected chi connectivity index (χ4v) is 6.06. The van der Waals surface area contributed by atoms with Crippen LogP contribution in [-0.2, 0) is 36.8 Å². The summed E-state index contributed by atoms with van der Waals surface area (Å²) in [6, 6.07) is 24.3. The fraction of sp³-hybridized carbons (Fsp3) is 0.312. The van der Waals surface area contributed by atoms with Gasteiger partial charge in [-0.3, -0.25) is 19.7 Å². The maximum absolute atomic E-state index is 13.7. The zero-order valence-electron chi connectivity index (χ0n) is 23.7. The summed E-state index contributed by atoms with van der Waals surface area (Å²) < 4.78 is 5.37. The number of nitrogens with one attached hydrogen (secondary N) is 1. The molecule has 3 aromatic rings. The number of thioether (sulfide) groups is 1. The number of fused-ring (bicyclic) bond motifs is 1. The normalized spacial score (nSPS) is 15.1. The summed E-state index contributed by atoms with van der Waals surface area (Å²) in [6.07, 6.45) is 0.488. The van der Waals surface area contributed by atoms with Crippen LogP contribution in [0.3, 0.4) is 0 Å². The number of carboxylic acid groups (broad SMARTS) is 1. The molecule has 2 amide bonds. The number of benzene rings is 3. The van der Waals surface area contributed by atoms with Gasteiger partial charge >= 0.3 is 11.9 Å². The minimum Gasteiger partial charge on any atom is -0.478 e. The fourth-order valence-electron chi connectivity index (χ4n) is 5.08. The topological polar surface area (TPSA) is 116 Å². The summed E-state index contributed by atoms with van der Waals surface area (Å²) in [4.78, 5) is 54.9. The predicted molar refractivity (Wildman–Crippen MR) is 161 cm³/mol. The minimum absolute atomic E-state index is 0.0828. The van der Waals surface area contributed by atoms with Gasteiger partial charge in [0.2, 0.25) is 17.5 Å². The van der Waals surface area contributed by atoms with Gasteiger partial charge in [-0.05, 0) is 43.0 Å². The molecular formula is C32H35N3O6S. The number of carbonyl (C=O) groups excluding carboxylic acids is 3. The van der Waals surface area contributed by atoms with Crippen LogP contribution >= 0.6 is 11.8 Å². The highest BCUT2D eigenvalue weighted by atomic mass is 32.2. The molecule has 9 nitrogen and oxygen atoms in total. The molecule has 0 bridgehead atoms. The lowest BCUT2D eigenvalue weighted by molar-refractivity contribution is -0.167. The summed E-state index contributed by atoms with van der Waals surface area (Å²) in [6.45, 7) is 2.99. The number of hydrazine groups is 1. The van der Waals surface area contributed by atoms with Gasteiger partial charge in [0, 0.05) is 30.4 Å². The van der Waals surface area contributed by atoms with Crippen molar-refractivity contribution in [1.82, 2.24) is 10.3 Å². The molecule has 0 aliphatic carbocycles. The first-order valence-electron chi connectivity index (χ1n) is 13.9. The highest BCUT2D eigenvalue weighted by molar-refractivity contribution is 7.99. The molecular weight excluding hydrogens is 554 g/mol. The van der Waals surface area contributed by atoms with Gasteiger partial charge in [0.1, 0.15) is 6.04 Å². The van der Waals surface area contributed by atoms with Crippen LogP contribution in [0.4, 0.5) is 5.69 Å². The second kappa shape index (κ2) is 14.2. The third kappa shape index (κ3) is 7.00. The Kier molecular flexibility index (Phi) is 10.4. The smallest absolute Gasteiger partial charge is 0.347 e. The maximum Gasteiger partial charge on any atom is 0.347 e. The number of aryl methyl sites for hydroxylation is 1. The molecule has 2 N–H and O–H groups in total. The monoisotopic (exact) mass is 589 g/mol. The standard InChI is InChI=1S/C32H35N3O6S/c1-3-41-30(38)26(19-18-24-12-6-4-7-13-24)33-32(31(39)40,22-25-14-8-5-9-15-25)35(23(2)36)34-27-16-10-11-17-28(27)42-21-20-29(34)37/h4-17,26,33H,3,18-22H2,1-2H3,(H,39,40)/t26?,32-/m0/s1. The average molecular weight is 590 g/mol. The SMILES string of the molecule is CCOC(=O)C(CCc1ccccc1)N[C@](Cc1ccccc1)(C(=O)O)N(C(C)=O)N1C(=O)CCSc2ccccc21. The van der Waals surface area contributed by atoms with Crippen LogP contribution in [0.2, 0.25) is 0 Å². The first-order valence-corrected chi connectivity index (χ1v) is 14.9. The number of aliphatic carboxylic acids is 1. The van der Waals surface area contributed by atoms with Crippen molar-refractivity contribution < 1.29 is 29.0 Å². The molecule has 1 aliphatic heterocycles. The molecule has 10 heteroatoms. The molecule has 1 heterocycles. The lowest BCUT2D eigenvalue weighted by Crippen LogP contribution is -2.74. The maximum atomic E-state index is 13.7. The number of nitrogens with zero attached hydrogens (tertiary/aromatic N) is 2. The van der Waals surface area contributed by atoms with E-state index in [4.69, 9.17) is 4.74 Å². The van der Waals surface area contributed by atoms with E-state index in [1.165, 1.54) is 23.7 Å². The molecule has 3 aromatic carbocycles. The summed E-state index contributed by atoms with van der Waals surface area (Å²) in [5.41, 5.74) is -0.291. The number of hydrogen-bond acceptors (Lipinski definition) is 7. The van der Waals surface area contributed by atoms with Gasteiger partial charge in [-0.2, -0.15) is 0 Å². The third-order valence-electron chi connectivity index (χ3n) is 6.97. The molecule has 0 saturated heterocycles. The number of anilines is 1. The van der Waals surface area contributed by atoms with Crippen LogP contribution < -0.4 is 10.3 Å². The molecule has 1 aliphatic rings. The number of carbonyl (C=O) groups is 4. The minimum atomic E-state index is -2.24. The van der Waals surface area contributed by atoms with E-state index in [0.717, 1.165) is 15.5 Å². The lowest BCUT2D eigenvalue weighted by Gasteiger charge is -2.47. The van der Waals surface area contributed by atoms with Gasteiger partial charge in [-0.1, -0.05) is 72.8 Å². The van der Waals surface area contributed by atoms with E-state index in [2.05, 4.69) is 5.32 Å². The van der Waals surface area contributed by atoms with Crippen LogP contribution in [0.5, 0.6) is 0 Å². The van der Waals surface area contributed by atoms with E-state index < -0.39 is 35.5 Å². The first-order chi connectivity index (χ1) is 20.3. The van der Waals surface area contributed by atoms with Crippen molar-refractivity contribution in [1.29, 1.82) is 0 Å². The third-order valence-corrected chi connectivity index (χ3v) is 8.03. The predicted octanol–water partition coefficient (Wildman–Crippen LogP) is 4.46. The zero-order valence-corrected chi connectivity index (χ0v) is 24.5. The summed E-state index contributed by atoms with van der Waals surface area (Å²) in [5, 5.41) is 16.2. The molecule has 0 spiro atoms. The van der Waals surface area contributed by atoms with Gasteiger partial charge in [-0.15, -0.1) is 11.8 Å². The first kappa shape index (κ1) is 30.8. The number of esters is 1. The average Bonchev–Trinajstić information content (AvgIpc) is 3.14. The van der Waals surface area contributed by atoms with E-state index in [9.17, 15) is 24.3 Å². The molecule has 220 valence electrons. The lowest BCUT2D eigenvalue weighted by atomic mass is 9.95. The van der Waals surface area contributed by atoms with Crippen molar-refractivity contribution in [3.63, 3.8) is 0 Å². The second-order valence-corrected chi connectivity index (χ2v) is 11.0. The van der Waals surface area contributed by atoms with Gasteiger partial charge in [0.05, 0.1) is 12.3 Å². The number of hydrogen-bond donors (Lipinski definition) is 2. The molecule has 4 rings (SSSR count). The number of para-hydroxylation sites is 1. The van der Waals surface area contributed by atoms with Crippen molar-refractivity contribution >= 4 is 41.2 Å². The summed E-state index contributed by atoms with van der Waals surface area (Å²) in [7, 11) is 0. The van der Waals surface area contributed by atoms with Crippen LogP contribution in [-0.4, -0.2) is 57.9 Å². The van der Waals surface area contributed by atoms with Crippen molar-refractivity contribution in [3.05, 3.63) is 96.1 Å². The van der Waals surface area contributed by atoms with Crippen molar-refractivity contribution in [2.45, 2.75) is 56.1 Å². The van der Waals surface area contributed by atoms with E-state index in [-0.39, 0.29) is 25.9 Å². The molecule has 0 aromatic heterocycles. The summed E-state index contributed by atoms with van der Waals surface area (Å²) in [5.74, 6) is -2.71. The largest absolute Gasteiger partial charge is 0.478 e. The molecule has 0 saturated carbocycles. The Labute approximate surface area is 249 Å².